The number of rotatable bonds is 6. The predicted octanol–water partition coefficient (Wildman–Crippen LogP) is 5.29. The molecule has 1 aromatic carbocycles. The van der Waals surface area contributed by atoms with Gasteiger partial charge in [0.1, 0.15) is 5.75 Å². The number of ether oxygens (including phenoxy) is 1. The van der Waals surface area contributed by atoms with E-state index in [1.54, 1.807) is 6.07 Å². The Balaban J connectivity index is 2.89. The molecule has 0 saturated carbocycles. The standard InChI is InChI=1S/C14H18BrF3O/c1-3-13(4-2,9-15)10-19-12-8-6-5-7-11(12)14(16,17)18/h5-8H,3-4,9-10H2,1-2H3. The number of halogens is 4. The monoisotopic (exact) mass is 338 g/mol. The molecule has 0 amide bonds. The van der Waals surface area contributed by atoms with Crippen molar-refractivity contribution < 1.29 is 17.9 Å². The van der Waals surface area contributed by atoms with Crippen LogP contribution in [0.25, 0.3) is 0 Å². The van der Waals surface area contributed by atoms with Crippen molar-refractivity contribution in [1.82, 2.24) is 0 Å². The van der Waals surface area contributed by atoms with Crippen LogP contribution in [-0.2, 0) is 6.18 Å². The Labute approximate surface area is 120 Å². The lowest BCUT2D eigenvalue weighted by Crippen LogP contribution is -2.29. The van der Waals surface area contributed by atoms with Gasteiger partial charge in [0.2, 0.25) is 0 Å². The molecule has 1 aromatic rings. The maximum Gasteiger partial charge on any atom is 0.419 e. The number of hydrogen-bond donors (Lipinski definition) is 0. The average Bonchev–Trinajstić information content (AvgIpc) is 2.40. The van der Waals surface area contributed by atoms with Crippen LogP contribution in [0.3, 0.4) is 0 Å². The van der Waals surface area contributed by atoms with Gasteiger partial charge >= 0.3 is 6.18 Å². The van der Waals surface area contributed by atoms with E-state index in [4.69, 9.17) is 4.74 Å². The topological polar surface area (TPSA) is 9.23 Å². The lowest BCUT2D eigenvalue weighted by molar-refractivity contribution is -0.139. The largest absolute Gasteiger partial charge is 0.492 e. The molecule has 0 unspecified atom stereocenters. The molecule has 5 heteroatoms. The van der Waals surface area contributed by atoms with Crippen LogP contribution in [0.5, 0.6) is 5.75 Å². The molecular formula is C14H18BrF3O. The van der Waals surface area contributed by atoms with Gasteiger partial charge in [0, 0.05) is 10.7 Å². The van der Waals surface area contributed by atoms with Crippen LogP contribution in [-0.4, -0.2) is 11.9 Å². The van der Waals surface area contributed by atoms with Crippen LogP contribution >= 0.6 is 15.9 Å². The minimum Gasteiger partial charge on any atom is -0.492 e. The van der Waals surface area contributed by atoms with E-state index < -0.39 is 11.7 Å². The minimum atomic E-state index is -4.38. The molecule has 0 bridgehead atoms. The van der Waals surface area contributed by atoms with Gasteiger partial charge in [-0.15, -0.1) is 0 Å². The number of benzene rings is 1. The zero-order valence-electron chi connectivity index (χ0n) is 11.1. The van der Waals surface area contributed by atoms with Crippen LogP contribution in [0.2, 0.25) is 0 Å². The normalized spacial score (nSPS) is 12.5. The smallest absolute Gasteiger partial charge is 0.419 e. The molecule has 0 aromatic heterocycles. The Kier molecular flexibility index (Phi) is 5.71. The molecule has 0 N–H and O–H groups in total. The van der Waals surface area contributed by atoms with Gasteiger partial charge in [0.15, 0.2) is 0 Å². The van der Waals surface area contributed by atoms with Gasteiger partial charge in [0.05, 0.1) is 12.2 Å². The summed E-state index contributed by atoms with van der Waals surface area (Å²) >= 11 is 3.42. The first kappa shape index (κ1) is 16.3. The first-order chi connectivity index (χ1) is 8.88. The number of hydrogen-bond acceptors (Lipinski definition) is 1. The zero-order valence-corrected chi connectivity index (χ0v) is 12.6. The highest BCUT2D eigenvalue weighted by atomic mass is 79.9. The second kappa shape index (κ2) is 6.64. The first-order valence-corrected chi connectivity index (χ1v) is 7.35. The van der Waals surface area contributed by atoms with Crippen molar-refractivity contribution in [2.75, 3.05) is 11.9 Å². The van der Waals surface area contributed by atoms with Crippen molar-refractivity contribution in [1.29, 1.82) is 0 Å². The van der Waals surface area contributed by atoms with Crippen molar-refractivity contribution in [2.45, 2.75) is 32.9 Å². The lowest BCUT2D eigenvalue weighted by atomic mass is 9.86. The summed E-state index contributed by atoms with van der Waals surface area (Å²) in [5.74, 6) is -0.0952. The van der Waals surface area contributed by atoms with Crippen molar-refractivity contribution in [3.8, 4) is 5.75 Å². The van der Waals surface area contributed by atoms with E-state index in [-0.39, 0.29) is 17.8 Å². The quantitative estimate of drug-likeness (QED) is 0.640. The summed E-state index contributed by atoms with van der Waals surface area (Å²) in [7, 11) is 0. The van der Waals surface area contributed by atoms with Crippen LogP contribution < -0.4 is 4.74 Å². The van der Waals surface area contributed by atoms with E-state index in [2.05, 4.69) is 15.9 Å². The summed E-state index contributed by atoms with van der Waals surface area (Å²) in [5.41, 5.74) is -0.843. The summed E-state index contributed by atoms with van der Waals surface area (Å²) in [5, 5.41) is 0.710. The van der Waals surface area contributed by atoms with Gasteiger partial charge < -0.3 is 4.74 Å². The fraction of sp³-hybridized carbons (Fsp3) is 0.571. The van der Waals surface area contributed by atoms with Crippen LogP contribution in [0.1, 0.15) is 32.3 Å². The number of alkyl halides is 4. The second-order valence-corrected chi connectivity index (χ2v) is 5.18. The molecule has 0 aliphatic heterocycles. The van der Waals surface area contributed by atoms with Gasteiger partial charge in [-0.3, -0.25) is 0 Å². The van der Waals surface area contributed by atoms with Gasteiger partial charge in [0.25, 0.3) is 0 Å². The molecule has 0 fully saturated rings. The minimum absolute atomic E-state index is 0.0952. The summed E-state index contributed by atoms with van der Waals surface area (Å²) in [6.45, 7) is 4.31. The molecular weight excluding hydrogens is 321 g/mol. The van der Waals surface area contributed by atoms with Gasteiger partial charge in [-0.2, -0.15) is 13.2 Å². The molecule has 108 valence electrons. The third kappa shape index (κ3) is 4.13. The molecule has 0 aliphatic carbocycles. The van der Waals surface area contributed by atoms with E-state index in [0.29, 0.717) is 5.33 Å². The Morgan fingerprint density at radius 3 is 2.16 bits per heavy atom. The molecule has 0 aliphatic rings. The van der Waals surface area contributed by atoms with Crippen LogP contribution in [0, 0.1) is 5.41 Å². The fourth-order valence-corrected chi connectivity index (χ4v) is 2.69. The molecule has 1 rings (SSSR count). The van der Waals surface area contributed by atoms with Crippen molar-refractivity contribution >= 4 is 15.9 Å². The van der Waals surface area contributed by atoms with Crippen molar-refractivity contribution in [3.63, 3.8) is 0 Å². The average molecular weight is 339 g/mol. The maximum absolute atomic E-state index is 12.8. The molecule has 0 saturated heterocycles. The van der Waals surface area contributed by atoms with Crippen LogP contribution in [0.15, 0.2) is 24.3 Å². The van der Waals surface area contributed by atoms with Gasteiger partial charge in [-0.25, -0.2) is 0 Å². The summed E-state index contributed by atoms with van der Waals surface area (Å²) in [4.78, 5) is 0. The zero-order chi connectivity index (χ0) is 14.5. The van der Waals surface area contributed by atoms with E-state index in [9.17, 15) is 13.2 Å². The fourth-order valence-electron chi connectivity index (χ4n) is 1.74. The third-order valence-electron chi connectivity index (χ3n) is 3.51. The maximum atomic E-state index is 12.8. The third-order valence-corrected chi connectivity index (χ3v) is 4.70. The molecule has 19 heavy (non-hydrogen) atoms. The molecule has 0 atom stereocenters. The molecule has 0 radical (unpaired) electrons. The molecule has 1 nitrogen and oxygen atoms in total. The highest BCUT2D eigenvalue weighted by Gasteiger charge is 2.35. The van der Waals surface area contributed by atoms with Gasteiger partial charge in [-0.05, 0) is 25.0 Å². The van der Waals surface area contributed by atoms with E-state index in [1.807, 2.05) is 13.8 Å². The highest BCUT2D eigenvalue weighted by Crippen LogP contribution is 2.37. The van der Waals surface area contributed by atoms with Gasteiger partial charge in [-0.1, -0.05) is 41.9 Å². The molecule has 0 heterocycles. The van der Waals surface area contributed by atoms with Crippen molar-refractivity contribution in [2.24, 2.45) is 5.41 Å². The summed E-state index contributed by atoms with van der Waals surface area (Å²) in [6, 6.07) is 5.33. The summed E-state index contributed by atoms with van der Waals surface area (Å²) in [6.07, 6.45) is -2.68. The Bertz CT molecular complexity index is 392. The Hall–Kier alpha value is -0.710. The Morgan fingerprint density at radius 2 is 1.68 bits per heavy atom. The number of para-hydroxylation sites is 1. The highest BCUT2D eigenvalue weighted by molar-refractivity contribution is 9.09. The van der Waals surface area contributed by atoms with Crippen LogP contribution in [0.4, 0.5) is 13.2 Å². The van der Waals surface area contributed by atoms with E-state index in [1.165, 1.54) is 12.1 Å². The van der Waals surface area contributed by atoms with Crippen molar-refractivity contribution in [3.05, 3.63) is 29.8 Å². The second-order valence-electron chi connectivity index (χ2n) is 4.62. The van der Waals surface area contributed by atoms with E-state index >= 15 is 0 Å². The lowest BCUT2D eigenvalue weighted by Gasteiger charge is -2.29. The summed E-state index contributed by atoms with van der Waals surface area (Å²) < 4.78 is 43.9. The SMILES string of the molecule is CCC(CC)(CBr)COc1ccccc1C(F)(F)F. The first-order valence-electron chi connectivity index (χ1n) is 6.23. The van der Waals surface area contributed by atoms with E-state index in [0.717, 1.165) is 18.9 Å². The molecule has 0 spiro atoms. The predicted molar refractivity (Wildman–Crippen MR) is 73.7 cm³/mol. The Morgan fingerprint density at radius 1 is 1.11 bits per heavy atom.